The van der Waals surface area contributed by atoms with Gasteiger partial charge in [-0.05, 0) is 51.8 Å². The van der Waals surface area contributed by atoms with Gasteiger partial charge in [0.2, 0.25) is 0 Å². The predicted octanol–water partition coefficient (Wildman–Crippen LogP) is 4.57. The third kappa shape index (κ3) is 3.55. The van der Waals surface area contributed by atoms with Crippen molar-refractivity contribution in [3.05, 3.63) is 51.2 Å². The van der Waals surface area contributed by atoms with E-state index < -0.39 is 5.82 Å². The Kier molecular flexibility index (Phi) is 4.73. The minimum atomic E-state index is -0.399. The molecule has 0 aliphatic heterocycles. The molecule has 20 heavy (non-hydrogen) atoms. The van der Waals surface area contributed by atoms with E-state index in [9.17, 15) is 9.50 Å². The van der Waals surface area contributed by atoms with Crippen LogP contribution in [0.15, 0.2) is 34.8 Å². The summed E-state index contributed by atoms with van der Waals surface area (Å²) in [5.41, 5.74) is 1.45. The van der Waals surface area contributed by atoms with Crippen LogP contribution in [0, 0.1) is 5.82 Å². The smallest absolute Gasteiger partial charge is 0.172 e. The van der Waals surface area contributed by atoms with Crippen LogP contribution in [0.4, 0.5) is 10.1 Å². The number of ether oxygens (including phenoxy) is 1. The zero-order valence-corrected chi connectivity index (χ0v) is 12.9. The summed E-state index contributed by atoms with van der Waals surface area (Å²) in [4.78, 5) is 0. The topological polar surface area (TPSA) is 41.5 Å². The van der Waals surface area contributed by atoms with E-state index in [1.165, 1.54) is 19.2 Å². The number of aromatic hydroxyl groups is 1. The average Bonchev–Trinajstić information content (AvgIpc) is 2.39. The van der Waals surface area contributed by atoms with Crippen LogP contribution in [0.2, 0.25) is 5.02 Å². The molecule has 0 amide bonds. The summed E-state index contributed by atoms with van der Waals surface area (Å²) < 4.78 is 18.8. The molecule has 2 aromatic carbocycles. The lowest BCUT2D eigenvalue weighted by Crippen LogP contribution is -2.00. The zero-order chi connectivity index (χ0) is 14.7. The molecule has 0 bridgehead atoms. The zero-order valence-electron chi connectivity index (χ0n) is 10.6. The van der Waals surface area contributed by atoms with Gasteiger partial charge in [0.1, 0.15) is 5.82 Å². The highest BCUT2D eigenvalue weighted by molar-refractivity contribution is 9.10. The third-order valence-corrected chi connectivity index (χ3v) is 3.49. The first kappa shape index (κ1) is 14.9. The van der Waals surface area contributed by atoms with Crippen LogP contribution >= 0.6 is 27.5 Å². The van der Waals surface area contributed by atoms with Gasteiger partial charge in [0.25, 0.3) is 0 Å². The van der Waals surface area contributed by atoms with Gasteiger partial charge < -0.3 is 15.2 Å². The average molecular weight is 361 g/mol. The SMILES string of the molecule is COc1cc(CNc2cc(F)cc(Cl)c2)cc(Br)c1O. The highest BCUT2D eigenvalue weighted by atomic mass is 79.9. The van der Waals surface area contributed by atoms with Crippen molar-refractivity contribution >= 4 is 33.2 Å². The van der Waals surface area contributed by atoms with Gasteiger partial charge in [-0.25, -0.2) is 4.39 Å². The summed E-state index contributed by atoms with van der Waals surface area (Å²) in [7, 11) is 1.48. The normalized spacial score (nSPS) is 10.4. The standard InChI is InChI=1S/C14H12BrClFNO2/c1-20-13-3-8(2-12(15)14(13)19)7-18-11-5-9(16)4-10(17)6-11/h2-6,18-19H,7H2,1H3. The van der Waals surface area contributed by atoms with Crippen LogP contribution in [-0.2, 0) is 6.54 Å². The summed E-state index contributed by atoms with van der Waals surface area (Å²) in [6.07, 6.45) is 0. The number of benzene rings is 2. The van der Waals surface area contributed by atoms with Gasteiger partial charge in [0.05, 0.1) is 11.6 Å². The molecular formula is C14H12BrClFNO2. The Bertz CT molecular complexity index is 617. The molecule has 0 atom stereocenters. The molecule has 6 heteroatoms. The number of rotatable bonds is 4. The largest absolute Gasteiger partial charge is 0.503 e. The van der Waals surface area contributed by atoms with Crippen molar-refractivity contribution in [2.45, 2.75) is 6.54 Å². The Balaban J connectivity index is 2.16. The molecule has 2 N–H and O–H groups in total. The van der Waals surface area contributed by atoms with Crippen LogP contribution in [0.5, 0.6) is 11.5 Å². The van der Waals surface area contributed by atoms with Crippen LogP contribution in [0.25, 0.3) is 0 Å². The Labute approximate surface area is 129 Å². The first-order chi connectivity index (χ1) is 9.49. The van der Waals surface area contributed by atoms with Crippen molar-refractivity contribution in [2.75, 3.05) is 12.4 Å². The summed E-state index contributed by atoms with van der Waals surface area (Å²) in [5.74, 6) is 0.0166. The van der Waals surface area contributed by atoms with E-state index >= 15 is 0 Å². The van der Waals surface area contributed by atoms with Crippen molar-refractivity contribution in [1.82, 2.24) is 0 Å². The van der Waals surface area contributed by atoms with Crippen molar-refractivity contribution in [3.63, 3.8) is 0 Å². The van der Waals surface area contributed by atoms with E-state index in [1.807, 2.05) is 0 Å². The van der Waals surface area contributed by atoms with Gasteiger partial charge in [0, 0.05) is 17.3 Å². The molecular weight excluding hydrogens is 349 g/mol. The molecule has 0 radical (unpaired) electrons. The molecule has 0 spiro atoms. The molecule has 0 saturated heterocycles. The molecule has 0 saturated carbocycles. The van der Waals surface area contributed by atoms with Crippen molar-refractivity contribution < 1.29 is 14.2 Å². The van der Waals surface area contributed by atoms with Crippen LogP contribution in [0.3, 0.4) is 0 Å². The molecule has 0 unspecified atom stereocenters. The maximum absolute atomic E-state index is 13.2. The van der Waals surface area contributed by atoms with Crippen LogP contribution < -0.4 is 10.1 Å². The highest BCUT2D eigenvalue weighted by Gasteiger charge is 2.08. The van der Waals surface area contributed by atoms with Gasteiger partial charge in [-0.2, -0.15) is 0 Å². The molecule has 0 heterocycles. The quantitative estimate of drug-likeness (QED) is 0.839. The van der Waals surface area contributed by atoms with Crippen LogP contribution in [0.1, 0.15) is 5.56 Å². The lowest BCUT2D eigenvalue weighted by atomic mass is 10.2. The number of phenols is 1. The summed E-state index contributed by atoms with van der Waals surface area (Å²) in [6, 6.07) is 7.70. The van der Waals surface area contributed by atoms with Gasteiger partial charge in [-0.1, -0.05) is 11.6 Å². The third-order valence-electron chi connectivity index (χ3n) is 2.67. The van der Waals surface area contributed by atoms with E-state index in [4.69, 9.17) is 16.3 Å². The van der Waals surface area contributed by atoms with Crippen molar-refractivity contribution in [1.29, 1.82) is 0 Å². The van der Waals surface area contributed by atoms with Gasteiger partial charge in [-0.3, -0.25) is 0 Å². The predicted molar refractivity (Wildman–Crippen MR) is 81.1 cm³/mol. The number of hydrogen-bond acceptors (Lipinski definition) is 3. The Morgan fingerprint density at radius 1 is 1.30 bits per heavy atom. The van der Waals surface area contributed by atoms with Crippen molar-refractivity contribution in [3.8, 4) is 11.5 Å². The molecule has 106 valence electrons. The second kappa shape index (κ2) is 6.33. The molecule has 2 aromatic rings. The van der Waals surface area contributed by atoms with E-state index in [1.54, 1.807) is 18.2 Å². The summed E-state index contributed by atoms with van der Waals surface area (Å²) >= 11 is 9.03. The highest BCUT2D eigenvalue weighted by Crippen LogP contribution is 2.35. The second-order valence-corrected chi connectivity index (χ2v) is 5.43. The fourth-order valence-corrected chi connectivity index (χ4v) is 2.46. The molecule has 3 nitrogen and oxygen atoms in total. The minimum absolute atomic E-state index is 0.0463. The molecule has 0 fully saturated rings. The maximum atomic E-state index is 13.2. The number of anilines is 1. The number of phenolic OH excluding ortho intramolecular Hbond substituents is 1. The number of methoxy groups -OCH3 is 1. The fraction of sp³-hybridized carbons (Fsp3) is 0.143. The van der Waals surface area contributed by atoms with Gasteiger partial charge in [-0.15, -0.1) is 0 Å². The number of nitrogens with one attached hydrogen (secondary N) is 1. The van der Waals surface area contributed by atoms with E-state index in [-0.39, 0.29) is 5.75 Å². The fourth-order valence-electron chi connectivity index (χ4n) is 1.74. The summed E-state index contributed by atoms with van der Waals surface area (Å²) in [5, 5.41) is 13.1. The van der Waals surface area contributed by atoms with Gasteiger partial charge >= 0.3 is 0 Å². The maximum Gasteiger partial charge on any atom is 0.172 e. The first-order valence-corrected chi connectivity index (χ1v) is 6.92. The van der Waals surface area contributed by atoms with Gasteiger partial charge in [0.15, 0.2) is 11.5 Å². The first-order valence-electron chi connectivity index (χ1n) is 5.75. The monoisotopic (exact) mass is 359 g/mol. The lowest BCUT2D eigenvalue weighted by Gasteiger charge is -2.11. The molecule has 2 rings (SSSR count). The molecule has 0 aliphatic carbocycles. The molecule has 0 aromatic heterocycles. The Hall–Kier alpha value is -1.46. The Morgan fingerprint density at radius 3 is 2.70 bits per heavy atom. The lowest BCUT2D eigenvalue weighted by molar-refractivity contribution is 0.371. The van der Waals surface area contributed by atoms with Crippen LogP contribution in [-0.4, -0.2) is 12.2 Å². The van der Waals surface area contributed by atoms with E-state index in [0.717, 1.165) is 5.56 Å². The second-order valence-electron chi connectivity index (χ2n) is 4.14. The summed E-state index contributed by atoms with van der Waals surface area (Å²) in [6.45, 7) is 0.440. The number of hydrogen-bond donors (Lipinski definition) is 2. The Morgan fingerprint density at radius 2 is 2.05 bits per heavy atom. The van der Waals surface area contributed by atoms with E-state index in [0.29, 0.717) is 27.5 Å². The van der Waals surface area contributed by atoms with Crippen molar-refractivity contribution in [2.24, 2.45) is 0 Å². The molecule has 0 aliphatic rings. The number of halogens is 3. The van der Waals surface area contributed by atoms with E-state index in [2.05, 4.69) is 21.2 Å². The minimum Gasteiger partial charge on any atom is -0.503 e.